The lowest BCUT2D eigenvalue weighted by Gasteiger charge is -2.27. The quantitative estimate of drug-likeness (QED) is 0.324. The Hall–Kier alpha value is -5.23. The Bertz CT molecular complexity index is 1650. The first-order valence-electron chi connectivity index (χ1n) is 13.4. The van der Waals surface area contributed by atoms with Crippen LogP contribution in [0.4, 0.5) is 28.9 Å². The van der Waals surface area contributed by atoms with Crippen LogP contribution in [0.3, 0.4) is 0 Å². The molecule has 5 aromatic rings. The van der Waals surface area contributed by atoms with Crippen molar-refractivity contribution in [1.82, 2.24) is 25.0 Å². The molecule has 2 aliphatic heterocycles. The van der Waals surface area contributed by atoms with Gasteiger partial charge in [0, 0.05) is 31.2 Å². The van der Waals surface area contributed by atoms with Gasteiger partial charge >= 0.3 is 6.01 Å². The smallest absolute Gasteiger partial charge is 0.316 e. The van der Waals surface area contributed by atoms with Crippen LogP contribution in [0.5, 0.6) is 0 Å². The number of benzene rings is 2. The van der Waals surface area contributed by atoms with Crippen LogP contribution in [0, 0.1) is 0 Å². The third-order valence-corrected chi connectivity index (χ3v) is 7.04. The van der Waals surface area contributed by atoms with E-state index < -0.39 is 6.04 Å². The largest absolute Gasteiger partial charge is 0.403 e. The Kier molecular flexibility index (Phi) is 6.49. The van der Waals surface area contributed by atoms with E-state index in [2.05, 4.69) is 35.6 Å². The highest BCUT2D eigenvalue weighted by atomic mass is 16.5. The van der Waals surface area contributed by atoms with E-state index in [1.807, 2.05) is 79.0 Å². The van der Waals surface area contributed by atoms with Gasteiger partial charge in [0.2, 0.25) is 5.91 Å². The number of fused-ring (bicyclic) bond motifs is 1. The van der Waals surface area contributed by atoms with E-state index in [4.69, 9.17) is 14.3 Å². The minimum absolute atomic E-state index is 0.137. The van der Waals surface area contributed by atoms with E-state index in [-0.39, 0.29) is 17.8 Å². The maximum Gasteiger partial charge on any atom is 0.316 e. The topological polar surface area (TPSA) is 126 Å². The molecular weight excluding hydrogens is 522 g/mol. The fourth-order valence-electron chi connectivity index (χ4n) is 5.03. The zero-order valence-corrected chi connectivity index (χ0v) is 22.1. The number of pyridine rings is 1. The van der Waals surface area contributed by atoms with Gasteiger partial charge in [-0.3, -0.25) is 4.79 Å². The molecule has 2 aliphatic rings. The predicted octanol–water partition coefficient (Wildman–Crippen LogP) is 3.72. The number of carbonyl (C=O) groups is 1. The fourth-order valence-corrected chi connectivity index (χ4v) is 5.03. The van der Waals surface area contributed by atoms with E-state index in [1.54, 1.807) is 10.9 Å². The third-order valence-electron chi connectivity index (χ3n) is 7.04. The second kappa shape index (κ2) is 10.7. The summed E-state index contributed by atoms with van der Waals surface area (Å²) in [4.78, 5) is 22.0. The fraction of sp³-hybridized carbons (Fsp3) is 0.207. The van der Waals surface area contributed by atoms with Gasteiger partial charge in [-0.15, -0.1) is 10.2 Å². The Balaban J connectivity index is 1.19. The molecule has 1 saturated heterocycles. The number of morpholine rings is 1. The van der Waals surface area contributed by atoms with Crippen molar-refractivity contribution in [2.75, 3.05) is 53.3 Å². The standard InChI is InChI=1S/C29H27N9O3/c39-27-23(19-37(20-8-2-1-3-9-20)24-11-5-4-10-22(24)31-27)32-29-34-33-28(41-29)21-18-38(25-12-6-7-13-30-25)35-26(21)36-14-16-40-17-15-36/h1-13,18,23H,14-17,19H2,(H,31,39)(H,32,34)/t23-/m0/s1. The predicted molar refractivity (Wildman–Crippen MR) is 154 cm³/mol. The highest BCUT2D eigenvalue weighted by Gasteiger charge is 2.31. The van der Waals surface area contributed by atoms with Gasteiger partial charge in [0.05, 0.1) is 31.1 Å². The molecule has 41 heavy (non-hydrogen) atoms. The second-order valence-electron chi connectivity index (χ2n) is 9.66. The van der Waals surface area contributed by atoms with Gasteiger partial charge in [0.15, 0.2) is 11.6 Å². The zero-order chi connectivity index (χ0) is 27.6. The van der Waals surface area contributed by atoms with Crippen molar-refractivity contribution in [2.24, 2.45) is 0 Å². The van der Waals surface area contributed by atoms with E-state index in [0.717, 1.165) is 17.1 Å². The van der Waals surface area contributed by atoms with Crippen molar-refractivity contribution in [3.63, 3.8) is 0 Å². The second-order valence-corrected chi connectivity index (χ2v) is 9.66. The summed E-state index contributed by atoms with van der Waals surface area (Å²) in [5.74, 6) is 1.45. The highest BCUT2D eigenvalue weighted by Crippen LogP contribution is 2.35. The molecule has 12 heteroatoms. The van der Waals surface area contributed by atoms with Crippen molar-refractivity contribution in [3.8, 4) is 17.3 Å². The van der Waals surface area contributed by atoms with Crippen molar-refractivity contribution < 1.29 is 13.9 Å². The van der Waals surface area contributed by atoms with E-state index in [9.17, 15) is 4.79 Å². The summed E-state index contributed by atoms with van der Waals surface area (Å²) in [6, 6.07) is 22.8. The first kappa shape index (κ1) is 24.8. The average Bonchev–Trinajstić information content (AvgIpc) is 3.65. The summed E-state index contributed by atoms with van der Waals surface area (Å²) in [6.07, 6.45) is 3.55. The molecule has 1 fully saturated rings. The number of ether oxygens (including phenoxy) is 1. The molecule has 1 atom stereocenters. The van der Waals surface area contributed by atoms with Crippen LogP contribution in [0.25, 0.3) is 17.3 Å². The molecule has 0 saturated carbocycles. The number of nitrogens with zero attached hydrogens (tertiary/aromatic N) is 7. The molecule has 5 heterocycles. The number of aromatic nitrogens is 5. The lowest BCUT2D eigenvalue weighted by Crippen LogP contribution is -2.40. The molecule has 12 nitrogen and oxygen atoms in total. The van der Waals surface area contributed by atoms with Gasteiger partial charge in [0.25, 0.3) is 5.89 Å². The monoisotopic (exact) mass is 549 g/mol. The van der Waals surface area contributed by atoms with Gasteiger partial charge in [0.1, 0.15) is 11.6 Å². The first-order chi connectivity index (χ1) is 20.2. The number of amides is 1. The minimum atomic E-state index is -0.675. The maximum atomic E-state index is 13.3. The molecule has 3 aromatic heterocycles. The summed E-state index contributed by atoms with van der Waals surface area (Å²) >= 11 is 0. The zero-order valence-electron chi connectivity index (χ0n) is 22.1. The summed E-state index contributed by atoms with van der Waals surface area (Å²) < 4.78 is 13.3. The van der Waals surface area contributed by atoms with Crippen LogP contribution in [0.1, 0.15) is 0 Å². The minimum Gasteiger partial charge on any atom is -0.403 e. The molecule has 0 bridgehead atoms. The molecule has 206 valence electrons. The van der Waals surface area contributed by atoms with Crippen molar-refractivity contribution >= 4 is 34.8 Å². The average molecular weight is 550 g/mol. The molecule has 7 rings (SSSR count). The van der Waals surface area contributed by atoms with E-state index in [0.29, 0.717) is 50.0 Å². The Morgan fingerprint density at radius 1 is 0.927 bits per heavy atom. The van der Waals surface area contributed by atoms with Crippen LogP contribution >= 0.6 is 0 Å². The van der Waals surface area contributed by atoms with Crippen LogP contribution < -0.4 is 20.4 Å². The molecule has 0 unspecified atom stereocenters. The summed E-state index contributed by atoms with van der Waals surface area (Å²) in [5, 5.41) is 19.6. The summed E-state index contributed by atoms with van der Waals surface area (Å²) in [7, 11) is 0. The number of carbonyl (C=O) groups excluding carboxylic acids is 1. The van der Waals surface area contributed by atoms with Crippen LogP contribution in [-0.2, 0) is 9.53 Å². The van der Waals surface area contributed by atoms with Crippen LogP contribution in [0.2, 0.25) is 0 Å². The molecule has 0 spiro atoms. The number of rotatable bonds is 6. The SMILES string of the molecule is O=C1Nc2ccccc2N(c2ccccc2)C[C@@H]1Nc1nnc(-c2cn(-c3ccccn3)nc2N2CCOCC2)o1. The molecule has 0 aliphatic carbocycles. The number of para-hydroxylation sites is 3. The van der Waals surface area contributed by atoms with Crippen molar-refractivity contribution in [2.45, 2.75) is 6.04 Å². The molecule has 2 N–H and O–H groups in total. The van der Waals surface area contributed by atoms with Gasteiger partial charge in [-0.05, 0) is 36.4 Å². The van der Waals surface area contributed by atoms with Gasteiger partial charge < -0.3 is 29.6 Å². The van der Waals surface area contributed by atoms with Crippen molar-refractivity contribution in [1.29, 1.82) is 0 Å². The summed E-state index contributed by atoms with van der Waals surface area (Å²) in [5.41, 5.74) is 3.27. The van der Waals surface area contributed by atoms with Crippen LogP contribution in [0.15, 0.2) is 89.6 Å². The Labute approximate surface area is 235 Å². The van der Waals surface area contributed by atoms with Crippen LogP contribution in [-0.4, -0.2) is 69.8 Å². The van der Waals surface area contributed by atoms with Crippen molar-refractivity contribution in [3.05, 3.63) is 85.2 Å². The Morgan fingerprint density at radius 3 is 2.56 bits per heavy atom. The molecular formula is C29H27N9O3. The molecule has 2 aromatic carbocycles. The lowest BCUT2D eigenvalue weighted by atomic mass is 10.2. The lowest BCUT2D eigenvalue weighted by molar-refractivity contribution is -0.116. The number of hydrogen-bond acceptors (Lipinski definition) is 10. The number of nitrogens with one attached hydrogen (secondary N) is 2. The van der Waals surface area contributed by atoms with Gasteiger partial charge in [-0.2, -0.15) is 0 Å². The highest BCUT2D eigenvalue weighted by molar-refractivity contribution is 6.02. The molecule has 0 radical (unpaired) electrons. The molecule has 1 amide bonds. The van der Waals surface area contributed by atoms with E-state index >= 15 is 0 Å². The van der Waals surface area contributed by atoms with E-state index in [1.165, 1.54) is 0 Å². The normalized spacial score (nSPS) is 17.1. The number of hydrogen-bond donors (Lipinski definition) is 2. The summed E-state index contributed by atoms with van der Waals surface area (Å²) in [6.45, 7) is 2.92. The number of anilines is 5. The van der Waals surface area contributed by atoms with Gasteiger partial charge in [-0.1, -0.05) is 41.5 Å². The third kappa shape index (κ3) is 4.96. The Morgan fingerprint density at radius 2 is 1.73 bits per heavy atom. The first-order valence-corrected chi connectivity index (χ1v) is 13.4. The van der Waals surface area contributed by atoms with Gasteiger partial charge in [-0.25, -0.2) is 9.67 Å². The maximum absolute atomic E-state index is 13.3.